The number of thiophene rings is 1. The monoisotopic (exact) mass is 339 g/mol. The Hall–Kier alpha value is -2.47. The Morgan fingerprint density at radius 2 is 2.17 bits per heavy atom. The summed E-state index contributed by atoms with van der Waals surface area (Å²) in [6.45, 7) is 4.24. The molecular formula is C18H17N3O2S. The number of pyridine rings is 1. The Kier molecular flexibility index (Phi) is 3.49. The van der Waals surface area contributed by atoms with Crippen molar-refractivity contribution >= 4 is 28.7 Å². The Labute approximate surface area is 143 Å². The number of hydrogen-bond donors (Lipinski definition) is 0. The van der Waals surface area contributed by atoms with Crippen LogP contribution in [0.5, 0.6) is 0 Å². The highest BCUT2D eigenvalue weighted by Crippen LogP contribution is 2.37. The zero-order valence-corrected chi connectivity index (χ0v) is 14.3. The Morgan fingerprint density at radius 1 is 1.33 bits per heavy atom. The van der Waals surface area contributed by atoms with E-state index in [1.165, 1.54) is 0 Å². The number of amides is 1. The van der Waals surface area contributed by atoms with Gasteiger partial charge in [0.2, 0.25) is 0 Å². The van der Waals surface area contributed by atoms with Gasteiger partial charge in [-0.2, -0.15) is 0 Å². The highest BCUT2D eigenvalue weighted by atomic mass is 32.1. The number of Topliss-reactive ketones (excluding diaryl/α,β-unsaturated/α-hetero) is 1. The van der Waals surface area contributed by atoms with Gasteiger partial charge in [0.05, 0.1) is 12.2 Å². The lowest BCUT2D eigenvalue weighted by Gasteiger charge is -2.33. The first-order chi connectivity index (χ1) is 11.6. The van der Waals surface area contributed by atoms with Gasteiger partial charge in [-0.1, -0.05) is 6.07 Å². The Balaban J connectivity index is 1.70. The summed E-state index contributed by atoms with van der Waals surface area (Å²) in [6, 6.07) is 5.64. The maximum Gasteiger partial charge on any atom is 0.273 e. The minimum atomic E-state index is -0.0337. The molecule has 0 radical (unpaired) electrons. The van der Waals surface area contributed by atoms with Crippen molar-refractivity contribution in [2.75, 3.05) is 6.54 Å². The lowest BCUT2D eigenvalue weighted by Crippen LogP contribution is -2.39. The molecule has 1 atom stereocenters. The van der Waals surface area contributed by atoms with Gasteiger partial charge in [0.1, 0.15) is 11.3 Å². The van der Waals surface area contributed by atoms with E-state index in [9.17, 15) is 9.59 Å². The number of hydrogen-bond acceptors (Lipinski definition) is 4. The largest absolute Gasteiger partial charge is 0.329 e. The summed E-state index contributed by atoms with van der Waals surface area (Å²) >= 11 is 1.57. The molecule has 0 saturated heterocycles. The van der Waals surface area contributed by atoms with E-state index in [2.05, 4.69) is 4.98 Å². The van der Waals surface area contributed by atoms with Gasteiger partial charge in [0, 0.05) is 28.6 Å². The minimum absolute atomic E-state index is 0.0235. The molecular weight excluding hydrogens is 322 g/mol. The van der Waals surface area contributed by atoms with Gasteiger partial charge in [-0.05, 0) is 38.0 Å². The third kappa shape index (κ3) is 2.17. The van der Waals surface area contributed by atoms with Gasteiger partial charge in [0.25, 0.3) is 5.91 Å². The first-order valence-electron chi connectivity index (χ1n) is 7.92. The van der Waals surface area contributed by atoms with Crippen LogP contribution in [0.4, 0.5) is 0 Å². The van der Waals surface area contributed by atoms with Crippen molar-refractivity contribution in [3.05, 3.63) is 57.7 Å². The molecule has 1 amide bonds. The minimum Gasteiger partial charge on any atom is -0.329 e. The van der Waals surface area contributed by atoms with E-state index in [-0.39, 0.29) is 17.7 Å². The lowest BCUT2D eigenvalue weighted by molar-refractivity contribution is 0.0674. The summed E-state index contributed by atoms with van der Waals surface area (Å²) in [5, 5.41) is 1.92. The fourth-order valence-electron chi connectivity index (χ4n) is 3.38. The second kappa shape index (κ2) is 5.56. The lowest BCUT2D eigenvalue weighted by atomic mass is 9.97. The third-order valence-electron chi connectivity index (χ3n) is 4.65. The number of carbonyl (C=O) groups is 2. The standard InChI is InChI=1S/C18H17N3O2S/c1-11-17-13(14(10-24-17)12(2)22)6-8-20(11)18(23)15-9-19-16-5-3-4-7-21(15)16/h3-5,7,9-11H,6,8H2,1-2H3. The van der Waals surface area contributed by atoms with Crippen LogP contribution >= 0.6 is 11.3 Å². The maximum absolute atomic E-state index is 13.0. The SMILES string of the molecule is CC(=O)c1csc2c1CCN(C(=O)c1cnc3ccccn13)C2C. The molecule has 3 aromatic heterocycles. The van der Waals surface area contributed by atoms with E-state index < -0.39 is 0 Å². The first kappa shape index (κ1) is 15.1. The number of aromatic nitrogens is 2. The second-order valence-corrected chi connectivity index (χ2v) is 6.96. The van der Waals surface area contributed by atoms with Crippen molar-refractivity contribution in [2.24, 2.45) is 0 Å². The van der Waals surface area contributed by atoms with Crippen LogP contribution in [0.2, 0.25) is 0 Å². The predicted molar refractivity (Wildman–Crippen MR) is 92.7 cm³/mol. The first-order valence-corrected chi connectivity index (χ1v) is 8.80. The highest BCUT2D eigenvalue weighted by molar-refractivity contribution is 7.10. The van der Waals surface area contributed by atoms with Crippen molar-refractivity contribution in [3.63, 3.8) is 0 Å². The van der Waals surface area contributed by atoms with Crippen LogP contribution < -0.4 is 0 Å². The van der Waals surface area contributed by atoms with E-state index in [0.717, 1.165) is 28.1 Å². The van der Waals surface area contributed by atoms with Gasteiger partial charge in [-0.15, -0.1) is 11.3 Å². The summed E-state index contributed by atoms with van der Waals surface area (Å²) in [5.41, 5.74) is 3.26. The Bertz CT molecular complexity index is 956. The number of rotatable bonds is 2. The van der Waals surface area contributed by atoms with Crippen LogP contribution in [0.1, 0.15) is 51.2 Å². The molecule has 0 N–H and O–H groups in total. The van der Waals surface area contributed by atoms with E-state index in [4.69, 9.17) is 0 Å². The molecule has 0 fully saturated rings. The third-order valence-corrected chi connectivity index (χ3v) is 5.85. The van der Waals surface area contributed by atoms with Crippen LogP contribution in [-0.2, 0) is 6.42 Å². The molecule has 0 saturated carbocycles. The molecule has 6 heteroatoms. The molecule has 1 unspecified atom stereocenters. The van der Waals surface area contributed by atoms with E-state index in [0.29, 0.717) is 12.2 Å². The second-order valence-electron chi connectivity index (χ2n) is 6.05. The van der Waals surface area contributed by atoms with Crippen molar-refractivity contribution in [3.8, 4) is 0 Å². The van der Waals surface area contributed by atoms with Gasteiger partial charge in [0.15, 0.2) is 5.78 Å². The average Bonchev–Trinajstić information content (AvgIpc) is 3.19. The van der Waals surface area contributed by atoms with Crippen LogP contribution in [-0.4, -0.2) is 32.5 Å². The molecule has 122 valence electrons. The molecule has 4 heterocycles. The summed E-state index contributed by atoms with van der Waals surface area (Å²) in [5.74, 6) is 0.0749. The predicted octanol–water partition coefficient (Wildman–Crippen LogP) is 3.36. The summed E-state index contributed by atoms with van der Waals surface area (Å²) in [6.07, 6.45) is 4.21. The number of carbonyl (C=O) groups excluding carboxylic acids is 2. The topological polar surface area (TPSA) is 54.7 Å². The van der Waals surface area contributed by atoms with E-state index >= 15 is 0 Å². The fourth-order valence-corrected chi connectivity index (χ4v) is 4.62. The molecule has 0 aromatic carbocycles. The quantitative estimate of drug-likeness (QED) is 0.673. The van der Waals surface area contributed by atoms with Gasteiger partial charge in [-0.3, -0.25) is 14.0 Å². The van der Waals surface area contributed by atoms with Gasteiger partial charge in [-0.25, -0.2) is 4.98 Å². The fraction of sp³-hybridized carbons (Fsp3) is 0.278. The number of imidazole rings is 1. The van der Waals surface area contributed by atoms with Crippen LogP contribution in [0, 0.1) is 0 Å². The number of ketones is 1. The molecule has 0 bridgehead atoms. The molecule has 1 aliphatic rings. The molecule has 4 rings (SSSR count). The van der Waals surface area contributed by atoms with Crippen LogP contribution in [0.15, 0.2) is 36.0 Å². The summed E-state index contributed by atoms with van der Waals surface area (Å²) < 4.78 is 1.82. The van der Waals surface area contributed by atoms with Crippen molar-refractivity contribution < 1.29 is 9.59 Å². The maximum atomic E-state index is 13.0. The summed E-state index contributed by atoms with van der Waals surface area (Å²) in [7, 11) is 0. The van der Waals surface area contributed by atoms with Gasteiger partial charge >= 0.3 is 0 Å². The zero-order valence-electron chi connectivity index (χ0n) is 13.5. The Morgan fingerprint density at radius 3 is 2.96 bits per heavy atom. The normalized spacial score (nSPS) is 17.1. The van der Waals surface area contributed by atoms with Crippen LogP contribution in [0.25, 0.3) is 5.65 Å². The molecule has 24 heavy (non-hydrogen) atoms. The number of fused-ring (bicyclic) bond motifs is 2. The summed E-state index contributed by atoms with van der Waals surface area (Å²) in [4.78, 5) is 32.1. The molecule has 3 aromatic rings. The van der Waals surface area contributed by atoms with Crippen molar-refractivity contribution in [1.29, 1.82) is 0 Å². The zero-order chi connectivity index (χ0) is 16.8. The van der Waals surface area contributed by atoms with Crippen molar-refractivity contribution in [1.82, 2.24) is 14.3 Å². The van der Waals surface area contributed by atoms with Crippen LogP contribution in [0.3, 0.4) is 0 Å². The molecule has 0 aliphatic carbocycles. The van der Waals surface area contributed by atoms with E-state index in [1.807, 2.05) is 46.0 Å². The van der Waals surface area contributed by atoms with E-state index in [1.54, 1.807) is 24.5 Å². The molecule has 0 spiro atoms. The number of nitrogens with zero attached hydrogens (tertiary/aromatic N) is 3. The average molecular weight is 339 g/mol. The highest BCUT2D eigenvalue weighted by Gasteiger charge is 2.32. The van der Waals surface area contributed by atoms with Gasteiger partial charge < -0.3 is 4.90 Å². The smallest absolute Gasteiger partial charge is 0.273 e. The molecule has 1 aliphatic heterocycles. The van der Waals surface area contributed by atoms with Crippen molar-refractivity contribution in [2.45, 2.75) is 26.3 Å². The molecule has 5 nitrogen and oxygen atoms in total.